The number of halogens is 3. The van der Waals surface area contributed by atoms with Crippen LogP contribution in [0.15, 0.2) is 29.3 Å². The van der Waals surface area contributed by atoms with Gasteiger partial charge in [0.25, 0.3) is 0 Å². The van der Waals surface area contributed by atoms with Gasteiger partial charge in [0.05, 0.1) is 5.56 Å². The predicted octanol–water partition coefficient (Wildman–Crippen LogP) is 4.02. The van der Waals surface area contributed by atoms with Crippen LogP contribution < -0.4 is 10.6 Å². The lowest BCUT2D eigenvalue weighted by Crippen LogP contribution is -2.50. The van der Waals surface area contributed by atoms with E-state index in [0.29, 0.717) is 11.6 Å². The Hall–Kier alpha value is -2.20. The number of alkyl halides is 3. The molecule has 1 heterocycles. The number of rotatable bonds is 4. The van der Waals surface area contributed by atoms with Gasteiger partial charge < -0.3 is 15.5 Å². The van der Waals surface area contributed by atoms with Gasteiger partial charge in [-0.25, -0.2) is 4.99 Å². The molecule has 7 heteroatoms. The first-order valence-electron chi connectivity index (χ1n) is 10.9. The molecule has 0 aromatic heterocycles. The maximum atomic E-state index is 12.8. The van der Waals surface area contributed by atoms with E-state index in [1.54, 1.807) is 6.07 Å². The summed E-state index contributed by atoms with van der Waals surface area (Å²) >= 11 is 0. The largest absolute Gasteiger partial charge is 0.416 e. The Balaban J connectivity index is 1.51. The quantitative estimate of drug-likeness (QED) is 0.439. The van der Waals surface area contributed by atoms with Crippen molar-refractivity contribution < 1.29 is 13.2 Å². The summed E-state index contributed by atoms with van der Waals surface area (Å²) in [6, 6.07) is 6.23. The molecule has 0 unspecified atom stereocenters. The molecule has 2 aliphatic rings. The first-order chi connectivity index (χ1) is 14.5. The van der Waals surface area contributed by atoms with E-state index in [4.69, 9.17) is 0 Å². The van der Waals surface area contributed by atoms with Crippen LogP contribution in [-0.2, 0) is 6.18 Å². The second-order valence-electron chi connectivity index (χ2n) is 7.97. The summed E-state index contributed by atoms with van der Waals surface area (Å²) in [6.45, 7) is 5.22. The monoisotopic (exact) mass is 420 g/mol. The molecule has 1 aliphatic carbocycles. The van der Waals surface area contributed by atoms with Gasteiger partial charge in [-0.1, -0.05) is 30.7 Å². The Kier molecular flexibility index (Phi) is 8.03. The van der Waals surface area contributed by atoms with Gasteiger partial charge in [-0.2, -0.15) is 13.2 Å². The topological polar surface area (TPSA) is 39.7 Å². The molecule has 3 rings (SSSR count). The normalized spacial score (nSPS) is 19.4. The molecule has 4 nitrogen and oxygen atoms in total. The molecule has 2 N–H and O–H groups in total. The van der Waals surface area contributed by atoms with Gasteiger partial charge in [-0.15, -0.1) is 0 Å². The second-order valence-corrected chi connectivity index (χ2v) is 7.97. The van der Waals surface area contributed by atoms with Crippen LogP contribution in [0, 0.1) is 11.8 Å². The van der Waals surface area contributed by atoms with E-state index < -0.39 is 11.7 Å². The summed E-state index contributed by atoms with van der Waals surface area (Å²) in [7, 11) is 0. The van der Waals surface area contributed by atoms with Crippen molar-refractivity contribution in [3.63, 3.8) is 0 Å². The molecule has 0 atom stereocenters. The molecule has 1 aliphatic heterocycles. The Bertz CT molecular complexity index is 765. The lowest BCUT2D eigenvalue weighted by Gasteiger charge is -2.36. The van der Waals surface area contributed by atoms with Gasteiger partial charge in [0.1, 0.15) is 6.54 Å². The summed E-state index contributed by atoms with van der Waals surface area (Å²) in [5, 5.41) is 6.72. The van der Waals surface area contributed by atoms with E-state index in [2.05, 4.69) is 32.4 Å². The van der Waals surface area contributed by atoms with Crippen molar-refractivity contribution in [2.24, 2.45) is 4.99 Å². The summed E-state index contributed by atoms with van der Waals surface area (Å²) in [4.78, 5) is 7.11. The van der Waals surface area contributed by atoms with Crippen LogP contribution in [0.4, 0.5) is 13.2 Å². The fraction of sp³-hybridized carbons (Fsp3) is 0.609. The fourth-order valence-electron chi connectivity index (χ4n) is 4.23. The number of nitrogens with zero attached hydrogens (tertiary/aromatic N) is 2. The predicted molar refractivity (Wildman–Crippen MR) is 114 cm³/mol. The summed E-state index contributed by atoms with van der Waals surface area (Å²) < 4.78 is 38.4. The van der Waals surface area contributed by atoms with Crippen molar-refractivity contribution in [1.82, 2.24) is 15.5 Å². The van der Waals surface area contributed by atoms with Crippen molar-refractivity contribution in [3.05, 3.63) is 35.4 Å². The van der Waals surface area contributed by atoms with Crippen molar-refractivity contribution in [2.45, 2.75) is 63.7 Å². The highest BCUT2D eigenvalue weighted by Crippen LogP contribution is 2.29. The average molecular weight is 421 g/mol. The molecular formula is C23H31F3N4. The number of likely N-dealkylation sites (tertiary alicyclic amines) is 1. The Morgan fingerprint density at radius 1 is 1.17 bits per heavy atom. The fourth-order valence-corrected chi connectivity index (χ4v) is 4.23. The van der Waals surface area contributed by atoms with Crippen LogP contribution in [0.5, 0.6) is 0 Å². The minimum Gasteiger partial charge on any atom is -0.357 e. The van der Waals surface area contributed by atoms with E-state index in [-0.39, 0.29) is 6.54 Å². The van der Waals surface area contributed by atoms with Crippen LogP contribution in [0.3, 0.4) is 0 Å². The number of hydrogen-bond donors (Lipinski definition) is 2. The van der Waals surface area contributed by atoms with Crippen LogP contribution in [0.1, 0.15) is 56.6 Å². The Morgan fingerprint density at radius 2 is 1.90 bits per heavy atom. The molecule has 1 aromatic rings. The van der Waals surface area contributed by atoms with E-state index in [1.807, 2.05) is 6.92 Å². The smallest absolute Gasteiger partial charge is 0.357 e. The zero-order valence-corrected chi connectivity index (χ0v) is 17.6. The third-order valence-corrected chi connectivity index (χ3v) is 5.79. The molecular weight excluding hydrogens is 389 g/mol. The van der Waals surface area contributed by atoms with Crippen molar-refractivity contribution >= 4 is 5.96 Å². The summed E-state index contributed by atoms with van der Waals surface area (Å²) in [5.74, 6) is 6.35. The Labute approximate surface area is 177 Å². The number of benzene rings is 1. The van der Waals surface area contributed by atoms with E-state index >= 15 is 0 Å². The Morgan fingerprint density at radius 3 is 2.57 bits per heavy atom. The average Bonchev–Trinajstić information content (AvgIpc) is 3.26. The van der Waals surface area contributed by atoms with Crippen molar-refractivity contribution in [3.8, 4) is 11.8 Å². The van der Waals surface area contributed by atoms with Gasteiger partial charge in [0.2, 0.25) is 0 Å². The summed E-state index contributed by atoms with van der Waals surface area (Å²) in [5.41, 5.74) is -0.339. The molecule has 164 valence electrons. The SMILES string of the molecule is CCNC(=NCC#Cc1cccc(C(F)(F)F)c1)NC1CCN(C2CCCC2)CC1. The van der Waals surface area contributed by atoms with E-state index in [9.17, 15) is 13.2 Å². The number of guanidine groups is 1. The molecule has 1 saturated heterocycles. The highest BCUT2D eigenvalue weighted by molar-refractivity contribution is 5.80. The van der Waals surface area contributed by atoms with Crippen molar-refractivity contribution in [2.75, 3.05) is 26.2 Å². The maximum absolute atomic E-state index is 12.8. The second kappa shape index (κ2) is 10.7. The molecule has 30 heavy (non-hydrogen) atoms. The van der Waals surface area contributed by atoms with Gasteiger partial charge >= 0.3 is 6.18 Å². The van der Waals surface area contributed by atoms with E-state index in [0.717, 1.165) is 56.6 Å². The van der Waals surface area contributed by atoms with E-state index in [1.165, 1.54) is 31.7 Å². The molecule has 0 radical (unpaired) electrons. The first kappa shape index (κ1) is 22.5. The van der Waals surface area contributed by atoms with Crippen LogP contribution >= 0.6 is 0 Å². The van der Waals surface area contributed by atoms with Crippen LogP contribution in [-0.4, -0.2) is 49.1 Å². The summed E-state index contributed by atoms with van der Waals surface area (Å²) in [6.07, 6.45) is 3.24. The standard InChI is InChI=1S/C23H31F3N4/c1-2-27-22(29-20-12-15-30(16-13-20)21-10-3-4-11-21)28-14-6-8-18-7-5-9-19(17-18)23(24,25)26/h5,7,9,17,20-21H,2-4,10-16H2,1H3,(H2,27,28,29). The minimum absolute atomic E-state index is 0.229. The zero-order valence-electron chi connectivity index (χ0n) is 17.6. The number of piperidine rings is 1. The number of aliphatic imine (C=N–C) groups is 1. The molecule has 0 bridgehead atoms. The zero-order chi connectivity index (χ0) is 21.4. The number of nitrogens with one attached hydrogen (secondary N) is 2. The molecule has 1 saturated carbocycles. The third-order valence-electron chi connectivity index (χ3n) is 5.79. The van der Waals surface area contributed by atoms with Gasteiger partial charge in [0.15, 0.2) is 5.96 Å². The van der Waals surface area contributed by atoms with Gasteiger partial charge in [-0.3, -0.25) is 0 Å². The van der Waals surface area contributed by atoms with Gasteiger partial charge in [0, 0.05) is 37.3 Å². The van der Waals surface area contributed by atoms with Crippen molar-refractivity contribution in [1.29, 1.82) is 0 Å². The number of hydrogen-bond acceptors (Lipinski definition) is 2. The molecule has 0 amide bonds. The lowest BCUT2D eigenvalue weighted by molar-refractivity contribution is -0.137. The highest BCUT2D eigenvalue weighted by atomic mass is 19.4. The third kappa shape index (κ3) is 6.66. The highest BCUT2D eigenvalue weighted by Gasteiger charge is 2.30. The van der Waals surface area contributed by atoms with Crippen LogP contribution in [0.25, 0.3) is 0 Å². The van der Waals surface area contributed by atoms with Crippen LogP contribution in [0.2, 0.25) is 0 Å². The molecule has 2 fully saturated rings. The maximum Gasteiger partial charge on any atom is 0.416 e. The first-order valence-corrected chi connectivity index (χ1v) is 10.9. The molecule has 0 spiro atoms. The molecule has 1 aromatic carbocycles. The lowest BCUT2D eigenvalue weighted by atomic mass is 10.0. The van der Waals surface area contributed by atoms with Gasteiger partial charge in [-0.05, 0) is 50.8 Å². The minimum atomic E-state index is -4.36.